The van der Waals surface area contributed by atoms with Crippen LogP contribution in [0, 0.1) is 0 Å². The largest absolute Gasteiger partial charge is 0.478 e. The molecule has 0 radical (unpaired) electrons. The molecule has 1 heterocycles. The van der Waals surface area contributed by atoms with Crippen molar-refractivity contribution in [3.63, 3.8) is 0 Å². The normalized spacial score (nSPS) is 17.6. The SMILES string of the molecule is CC(C)c1[nH]c(C2CCCCC2)cc1C(=O)O. The number of aromatic nitrogens is 1. The summed E-state index contributed by atoms with van der Waals surface area (Å²) in [6.07, 6.45) is 6.24. The zero-order valence-corrected chi connectivity index (χ0v) is 10.6. The Morgan fingerprint density at radius 3 is 2.47 bits per heavy atom. The fourth-order valence-electron chi connectivity index (χ4n) is 2.76. The fourth-order valence-corrected chi connectivity index (χ4v) is 2.76. The van der Waals surface area contributed by atoms with E-state index in [1.165, 1.54) is 32.1 Å². The van der Waals surface area contributed by atoms with Crippen molar-refractivity contribution in [2.75, 3.05) is 0 Å². The van der Waals surface area contributed by atoms with Gasteiger partial charge in [-0.3, -0.25) is 0 Å². The van der Waals surface area contributed by atoms with E-state index in [0.717, 1.165) is 11.4 Å². The lowest BCUT2D eigenvalue weighted by Gasteiger charge is -2.20. The van der Waals surface area contributed by atoms with Crippen molar-refractivity contribution < 1.29 is 9.90 Å². The van der Waals surface area contributed by atoms with Crippen molar-refractivity contribution >= 4 is 5.97 Å². The molecule has 17 heavy (non-hydrogen) atoms. The highest BCUT2D eigenvalue weighted by molar-refractivity contribution is 5.89. The standard InChI is InChI=1S/C14H21NO2/c1-9(2)13-11(14(16)17)8-12(15-13)10-6-4-3-5-7-10/h8-10,15H,3-7H2,1-2H3,(H,16,17). The molecule has 2 rings (SSSR count). The Hall–Kier alpha value is -1.25. The summed E-state index contributed by atoms with van der Waals surface area (Å²) in [7, 11) is 0. The maximum Gasteiger partial charge on any atom is 0.337 e. The Labute approximate surface area is 102 Å². The molecule has 0 unspecified atom stereocenters. The molecule has 0 atom stereocenters. The first-order valence-electron chi connectivity index (χ1n) is 6.55. The van der Waals surface area contributed by atoms with E-state index in [0.29, 0.717) is 11.5 Å². The van der Waals surface area contributed by atoms with Crippen LogP contribution in [0.3, 0.4) is 0 Å². The van der Waals surface area contributed by atoms with Crippen molar-refractivity contribution in [3.8, 4) is 0 Å². The van der Waals surface area contributed by atoms with E-state index >= 15 is 0 Å². The molecule has 0 saturated heterocycles. The van der Waals surface area contributed by atoms with Crippen LogP contribution in [0.25, 0.3) is 0 Å². The molecule has 0 aliphatic heterocycles. The predicted molar refractivity (Wildman–Crippen MR) is 67.7 cm³/mol. The summed E-state index contributed by atoms with van der Waals surface area (Å²) >= 11 is 0. The monoisotopic (exact) mass is 235 g/mol. The van der Waals surface area contributed by atoms with E-state index in [-0.39, 0.29) is 5.92 Å². The van der Waals surface area contributed by atoms with E-state index in [1.807, 2.05) is 19.9 Å². The van der Waals surface area contributed by atoms with Gasteiger partial charge in [-0.15, -0.1) is 0 Å². The van der Waals surface area contributed by atoms with Crippen LogP contribution in [-0.4, -0.2) is 16.1 Å². The second-order valence-electron chi connectivity index (χ2n) is 5.35. The Morgan fingerprint density at radius 2 is 2.00 bits per heavy atom. The summed E-state index contributed by atoms with van der Waals surface area (Å²) in [5.74, 6) is -0.0419. The molecule has 0 bridgehead atoms. The summed E-state index contributed by atoms with van der Waals surface area (Å²) in [6, 6.07) is 1.85. The molecule has 0 amide bonds. The fraction of sp³-hybridized carbons (Fsp3) is 0.643. The minimum absolute atomic E-state index is 0.235. The zero-order valence-electron chi connectivity index (χ0n) is 10.6. The zero-order chi connectivity index (χ0) is 12.4. The number of carbonyl (C=O) groups is 1. The molecule has 1 aromatic heterocycles. The molecule has 1 aliphatic carbocycles. The quantitative estimate of drug-likeness (QED) is 0.835. The second kappa shape index (κ2) is 4.94. The van der Waals surface area contributed by atoms with Gasteiger partial charge in [0, 0.05) is 11.4 Å². The van der Waals surface area contributed by atoms with Gasteiger partial charge in [0.2, 0.25) is 0 Å². The van der Waals surface area contributed by atoms with E-state index in [4.69, 9.17) is 0 Å². The molecule has 94 valence electrons. The van der Waals surface area contributed by atoms with Crippen LogP contribution >= 0.6 is 0 Å². The van der Waals surface area contributed by atoms with Gasteiger partial charge in [-0.2, -0.15) is 0 Å². The minimum atomic E-state index is -0.813. The van der Waals surface area contributed by atoms with Crippen molar-refractivity contribution in [3.05, 3.63) is 23.0 Å². The molecular formula is C14H21NO2. The van der Waals surface area contributed by atoms with Gasteiger partial charge in [0.1, 0.15) is 0 Å². The smallest absolute Gasteiger partial charge is 0.337 e. The molecule has 3 heteroatoms. The summed E-state index contributed by atoms with van der Waals surface area (Å²) in [4.78, 5) is 14.6. The molecule has 1 aliphatic rings. The maximum atomic E-state index is 11.2. The van der Waals surface area contributed by atoms with Gasteiger partial charge in [0.05, 0.1) is 5.56 Å². The molecule has 1 saturated carbocycles. The Balaban J connectivity index is 2.29. The number of H-pyrrole nitrogens is 1. The Bertz CT molecular complexity index is 400. The average molecular weight is 235 g/mol. The van der Waals surface area contributed by atoms with Crippen LogP contribution in [0.4, 0.5) is 0 Å². The Morgan fingerprint density at radius 1 is 1.35 bits per heavy atom. The summed E-state index contributed by atoms with van der Waals surface area (Å²) in [5, 5.41) is 9.21. The summed E-state index contributed by atoms with van der Waals surface area (Å²) in [6.45, 7) is 4.06. The van der Waals surface area contributed by atoms with Gasteiger partial charge in [0.25, 0.3) is 0 Å². The minimum Gasteiger partial charge on any atom is -0.478 e. The molecule has 3 nitrogen and oxygen atoms in total. The highest BCUT2D eigenvalue weighted by Crippen LogP contribution is 2.34. The third-order valence-electron chi connectivity index (χ3n) is 3.72. The number of hydrogen-bond donors (Lipinski definition) is 2. The van der Waals surface area contributed by atoms with Crippen molar-refractivity contribution in [2.45, 2.75) is 57.8 Å². The number of aromatic carboxylic acids is 1. The van der Waals surface area contributed by atoms with Crippen LogP contribution in [0.15, 0.2) is 6.07 Å². The summed E-state index contributed by atoms with van der Waals surface area (Å²) < 4.78 is 0. The first-order chi connectivity index (χ1) is 8.09. The van der Waals surface area contributed by atoms with E-state index in [1.54, 1.807) is 0 Å². The topological polar surface area (TPSA) is 53.1 Å². The van der Waals surface area contributed by atoms with Crippen LogP contribution < -0.4 is 0 Å². The number of carboxylic acids is 1. The lowest BCUT2D eigenvalue weighted by atomic mass is 9.87. The molecule has 0 spiro atoms. The van der Waals surface area contributed by atoms with Gasteiger partial charge >= 0.3 is 5.97 Å². The van der Waals surface area contributed by atoms with Crippen LogP contribution in [0.1, 0.15) is 79.5 Å². The maximum absolute atomic E-state index is 11.2. The second-order valence-corrected chi connectivity index (χ2v) is 5.35. The molecule has 2 N–H and O–H groups in total. The van der Waals surface area contributed by atoms with Crippen LogP contribution in [0.5, 0.6) is 0 Å². The number of carboxylic acid groups (broad SMARTS) is 1. The third kappa shape index (κ3) is 2.54. The number of aromatic amines is 1. The number of hydrogen-bond acceptors (Lipinski definition) is 1. The van der Waals surface area contributed by atoms with E-state index in [9.17, 15) is 9.90 Å². The molecule has 1 fully saturated rings. The van der Waals surface area contributed by atoms with Crippen LogP contribution in [0.2, 0.25) is 0 Å². The lowest BCUT2D eigenvalue weighted by molar-refractivity contribution is 0.0695. The molecule has 1 aromatic rings. The van der Waals surface area contributed by atoms with Gasteiger partial charge in [-0.25, -0.2) is 4.79 Å². The Kier molecular flexibility index (Phi) is 3.55. The number of rotatable bonds is 3. The van der Waals surface area contributed by atoms with Crippen LogP contribution in [-0.2, 0) is 0 Å². The van der Waals surface area contributed by atoms with Crippen molar-refractivity contribution in [1.29, 1.82) is 0 Å². The van der Waals surface area contributed by atoms with Gasteiger partial charge < -0.3 is 10.1 Å². The molecule has 0 aromatic carbocycles. The lowest BCUT2D eigenvalue weighted by Crippen LogP contribution is -2.05. The summed E-state index contributed by atoms with van der Waals surface area (Å²) in [5.41, 5.74) is 2.46. The predicted octanol–water partition coefficient (Wildman–Crippen LogP) is 3.88. The highest BCUT2D eigenvalue weighted by atomic mass is 16.4. The average Bonchev–Trinajstić information content (AvgIpc) is 2.75. The van der Waals surface area contributed by atoms with Gasteiger partial charge in [-0.1, -0.05) is 33.1 Å². The molecular weight excluding hydrogens is 214 g/mol. The van der Waals surface area contributed by atoms with E-state index < -0.39 is 5.97 Å². The highest BCUT2D eigenvalue weighted by Gasteiger charge is 2.22. The van der Waals surface area contributed by atoms with Gasteiger partial charge in [-0.05, 0) is 30.7 Å². The van der Waals surface area contributed by atoms with E-state index in [2.05, 4.69) is 4.98 Å². The first-order valence-corrected chi connectivity index (χ1v) is 6.55. The first kappa shape index (κ1) is 12.2. The van der Waals surface area contributed by atoms with Gasteiger partial charge in [0.15, 0.2) is 0 Å². The van der Waals surface area contributed by atoms with Crippen molar-refractivity contribution in [1.82, 2.24) is 4.98 Å². The third-order valence-corrected chi connectivity index (χ3v) is 3.72. The number of nitrogens with one attached hydrogen (secondary N) is 1. The van der Waals surface area contributed by atoms with Crippen molar-refractivity contribution in [2.24, 2.45) is 0 Å².